The molecular weight excluding hydrogens is 518 g/mol. The summed E-state index contributed by atoms with van der Waals surface area (Å²) in [7, 11) is 4.25. The van der Waals surface area contributed by atoms with E-state index >= 15 is 0 Å². The van der Waals surface area contributed by atoms with Crippen molar-refractivity contribution in [2.24, 2.45) is 0 Å². The van der Waals surface area contributed by atoms with Crippen molar-refractivity contribution in [2.45, 2.75) is 64.2 Å². The molecule has 6 heteroatoms. The number of hydrogen-bond acceptors (Lipinski definition) is 3. The summed E-state index contributed by atoms with van der Waals surface area (Å²) >= 11 is 0. The van der Waals surface area contributed by atoms with E-state index in [0.29, 0.717) is 7.60 Å². The van der Waals surface area contributed by atoms with Crippen LogP contribution in [0.25, 0.3) is 0 Å². The average Bonchev–Trinajstić information content (AvgIpc) is 3.02. The Morgan fingerprint density at radius 3 is 1.88 bits per heavy atom. The molecule has 0 aromatic carbocycles. The number of fused-ring (bicyclic) bond motifs is 2. The summed E-state index contributed by atoms with van der Waals surface area (Å²) in [6, 6.07) is 0. The van der Waals surface area contributed by atoms with E-state index in [1.54, 1.807) is 11.4 Å². The molecule has 0 aromatic heterocycles. The third-order valence-corrected chi connectivity index (χ3v) is 5.06. The van der Waals surface area contributed by atoms with Gasteiger partial charge in [0.25, 0.3) is 0 Å². The van der Waals surface area contributed by atoms with Crippen molar-refractivity contribution in [3.05, 3.63) is 23.5 Å². The zero-order valence-corrected chi connectivity index (χ0v) is 19.3. The summed E-state index contributed by atoms with van der Waals surface area (Å²) < 4.78 is 11.0. The van der Waals surface area contributed by atoms with Crippen molar-refractivity contribution in [1.82, 2.24) is 9.80 Å². The molecule has 4 aliphatic heterocycles. The van der Waals surface area contributed by atoms with Crippen LogP contribution in [-0.4, -0.2) is 54.6 Å². The van der Waals surface area contributed by atoms with Crippen molar-refractivity contribution in [2.75, 3.05) is 26.2 Å². The van der Waals surface area contributed by atoms with Gasteiger partial charge in [-0.25, -0.2) is 0 Å². The first-order chi connectivity index (χ1) is 12.3. The second-order valence-electron chi connectivity index (χ2n) is 6.56. The summed E-state index contributed by atoms with van der Waals surface area (Å²) in [4.78, 5) is 5.12. The molecule has 2 fully saturated rings. The molecule has 4 aliphatic rings. The molecule has 2 saturated heterocycles. The maximum absolute atomic E-state index is 5.75. The van der Waals surface area contributed by atoms with Crippen LogP contribution < -0.4 is 0 Å². The first-order valence-corrected chi connectivity index (χ1v) is 9.10. The number of nitrogens with zero attached hydrogens (tertiary/aromatic N) is 2. The average molecular weight is 553 g/mol. The smallest absolute Gasteiger partial charge is 0.0379 e. The number of nitrogens with one attached hydrogen (secondary N) is 1. The fraction of sp³-hybridized carbons (Fsp3) is 0.778. The van der Waals surface area contributed by atoms with E-state index in [1.165, 1.54) is 90.4 Å². The van der Waals surface area contributed by atoms with Gasteiger partial charge in [0, 0.05) is 77.1 Å². The molecule has 0 saturated carbocycles. The Morgan fingerprint density at radius 1 is 0.833 bits per heavy atom. The monoisotopic (exact) mass is 553 g/mol. The van der Waals surface area contributed by atoms with Gasteiger partial charge in [-0.2, -0.15) is 0 Å². The van der Waals surface area contributed by atoms with Crippen LogP contribution in [0.4, 0.5) is 0 Å². The van der Waals surface area contributed by atoms with E-state index in [0.717, 1.165) is 0 Å². The van der Waals surface area contributed by atoms with Gasteiger partial charge in [-0.3, -0.25) is 0 Å². The van der Waals surface area contributed by atoms with Crippen LogP contribution in [0.2, 0.25) is 0 Å². The van der Waals surface area contributed by atoms with Gasteiger partial charge in [-0.05, 0) is 59.1 Å². The predicted molar refractivity (Wildman–Crippen MR) is 102 cm³/mol. The molecule has 0 aromatic rings. The van der Waals surface area contributed by atoms with E-state index in [1.807, 2.05) is 0 Å². The Kier molecular flexibility index (Phi) is 12.1. The Balaban J connectivity index is 0.000000379. The van der Waals surface area contributed by atoms with Crippen molar-refractivity contribution in [3.63, 3.8) is 0 Å². The first-order valence-electron chi connectivity index (χ1n) is 10.3. The van der Waals surface area contributed by atoms with Crippen LogP contribution in [0, 0.1) is 36.4 Å². The van der Waals surface area contributed by atoms with Gasteiger partial charge < -0.3 is 9.80 Å². The second kappa shape index (κ2) is 14.3. The van der Waals surface area contributed by atoms with E-state index in [-0.39, 0.29) is 31.1 Å². The second-order valence-corrected chi connectivity index (χ2v) is 6.56. The number of rotatable bonds is 0. The van der Waals surface area contributed by atoms with E-state index in [2.05, 4.69) is 30.3 Å². The summed E-state index contributed by atoms with van der Waals surface area (Å²) in [5.74, 6) is 0. The Morgan fingerprint density at radius 2 is 1.29 bits per heavy atom. The normalized spacial score (nSPS) is 22.0. The molecular formula is C18H33B2N3U. The molecule has 4 heterocycles. The van der Waals surface area contributed by atoms with Gasteiger partial charge in [0.15, 0.2) is 0 Å². The van der Waals surface area contributed by atoms with E-state index in [4.69, 9.17) is 7.98 Å². The van der Waals surface area contributed by atoms with E-state index < -0.39 is 0 Å². The van der Waals surface area contributed by atoms with Gasteiger partial charge >= 0.3 is 14.3 Å². The molecule has 130 valence electrons. The van der Waals surface area contributed by atoms with Gasteiger partial charge in [-0.1, -0.05) is 18.6 Å². The first kappa shape index (κ1) is 20.4. The zero-order chi connectivity index (χ0) is 18.3. The Labute approximate surface area is 178 Å². The predicted octanol–water partition coefficient (Wildman–Crippen LogP) is 3.30. The molecule has 4 rings (SSSR count). The molecule has 0 amide bonds. The molecule has 3 nitrogen and oxygen atoms in total. The molecule has 0 spiro atoms. The van der Waals surface area contributed by atoms with Crippen LogP contribution in [0.3, 0.4) is 0 Å². The summed E-state index contributed by atoms with van der Waals surface area (Å²) in [6.07, 6.45) is 18.6. The largest absolute Gasteiger partial charge is 0.0379 e. The molecule has 2 radical (unpaired) electrons. The Bertz CT molecular complexity index is 437. The molecule has 1 N–H and O–H groups in total. The van der Waals surface area contributed by atoms with Crippen LogP contribution >= 0.6 is 0 Å². The van der Waals surface area contributed by atoms with Crippen LogP contribution in [-0.2, 0) is 0 Å². The van der Waals surface area contributed by atoms with Crippen molar-refractivity contribution in [1.29, 1.82) is 7.98 Å². The quantitative estimate of drug-likeness (QED) is 0.468. The number of hydrogen-bond donors (Lipinski definition) is 1. The van der Waals surface area contributed by atoms with Crippen molar-refractivity contribution >= 4 is 16.0 Å². The third-order valence-electron chi connectivity index (χ3n) is 5.06. The topological polar surface area (TPSA) is 30.3 Å². The van der Waals surface area contributed by atoms with Crippen LogP contribution in [0.1, 0.15) is 64.2 Å². The van der Waals surface area contributed by atoms with Gasteiger partial charge in [-0.15, -0.1) is 0 Å². The fourth-order valence-corrected chi connectivity index (χ4v) is 3.91. The zero-order valence-electron chi connectivity index (χ0n) is 17.1. The molecule has 0 aliphatic carbocycles. The van der Waals surface area contributed by atoms with Crippen molar-refractivity contribution in [3.8, 4) is 0 Å². The van der Waals surface area contributed by atoms with Crippen LogP contribution in [0.15, 0.2) is 23.5 Å². The maximum atomic E-state index is 5.75. The minimum Gasteiger partial charge on any atom is -0.0379 e. The molecule has 0 atom stereocenters. The van der Waals surface area contributed by atoms with Gasteiger partial charge in [0.2, 0.25) is 0 Å². The van der Waals surface area contributed by atoms with Crippen LogP contribution in [0.5, 0.6) is 0 Å². The minimum atomic E-state index is 0. The summed E-state index contributed by atoms with van der Waals surface area (Å²) in [5, 5.41) is 5.75. The molecule has 24 heavy (non-hydrogen) atoms. The SMILES string of the molecule is C1=C2CCCCCN2CCC1.C1=C2CCCN2CCC1.[2H]B=N.[2H][B].[U]. The molecule has 0 bridgehead atoms. The molecule has 0 unspecified atom stereocenters. The van der Waals surface area contributed by atoms with Crippen molar-refractivity contribution < 1.29 is 31.1 Å². The van der Waals surface area contributed by atoms with Gasteiger partial charge in [0.05, 0.1) is 0 Å². The number of allylic oxidation sites excluding steroid dienone is 4. The summed E-state index contributed by atoms with van der Waals surface area (Å²) in [5.41, 5.74) is 3.27. The third kappa shape index (κ3) is 7.53. The Hall–Kier alpha value is 0.0618. The van der Waals surface area contributed by atoms with E-state index in [9.17, 15) is 0 Å². The minimum absolute atomic E-state index is 0. The standard InChI is InChI=1S/C10H17N.C8H13N.BH2N.BH.U/c1-2-6-10-7-3-5-9-11(10)8-4-1;1-2-6-9-7-3-5-8(9)4-1;1-2;;/h7H,1-6,8-9H2;4H,1-3,5-7H2;1-2H;1H;/i;;2*1D;. The fourth-order valence-electron chi connectivity index (χ4n) is 3.91. The maximum Gasteiger partial charge on any atom is 0.0379 e. The van der Waals surface area contributed by atoms with Gasteiger partial charge in [0.1, 0.15) is 0 Å². The summed E-state index contributed by atoms with van der Waals surface area (Å²) in [6.45, 7) is 5.30.